The molecule has 0 aliphatic heterocycles. The summed E-state index contributed by atoms with van der Waals surface area (Å²) in [6, 6.07) is 5.82. The van der Waals surface area contributed by atoms with Crippen molar-refractivity contribution in [3.8, 4) is 0 Å². The highest BCUT2D eigenvalue weighted by molar-refractivity contribution is 7.98. The van der Waals surface area contributed by atoms with Gasteiger partial charge in [0.25, 0.3) is 5.91 Å². The normalized spacial score (nSPS) is 11.5. The molecule has 2 rings (SSSR count). The maximum Gasteiger partial charge on any atom is 0.329 e. The number of anilines is 1. The van der Waals surface area contributed by atoms with Crippen LogP contribution in [0.3, 0.4) is 0 Å². The third kappa shape index (κ3) is 6.81. The fraction of sp³-hybridized carbons (Fsp3) is 0.333. The van der Waals surface area contributed by atoms with Crippen molar-refractivity contribution in [3.63, 3.8) is 0 Å². The zero-order valence-electron chi connectivity index (χ0n) is 15.4. The zero-order chi connectivity index (χ0) is 20.5. The molecule has 2 aromatic rings. The summed E-state index contributed by atoms with van der Waals surface area (Å²) in [5, 5.41) is 7.70. The lowest BCUT2D eigenvalue weighted by Gasteiger charge is -2.17. The molecule has 1 unspecified atom stereocenters. The number of thioether (sulfide) groups is 1. The number of rotatable bonds is 9. The summed E-state index contributed by atoms with van der Waals surface area (Å²) >= 11 is 8.85. The second-order valence-electron chi connectivity index (χ2n) is 5.72. The first-order valence-corrected chi connectivity index (χ1v) is 11.0. The number of nitrogens with one attached hydrogen (secondary N) is 2. The van der Waals surface area contributed by atoms with E-state index in [2.05, 4.69) is 15.6 Å². The van der Waals surface area contributed by atoms with Crippen LogP contribution in [-0.2, 0) is 20.9 Å². The van der Waals surface area contributed by atoms with Crippen LogP contribution >= 0.6 is 34.7 Å². The minimum atomic E-state index is -0.801. The minimum Gasteiger partial charge on any atom is -0.458 e. The maximum atomic E-state index is 12.5. The van der Waals surface area contributed by atoms with E-state index in [9.17, 15) is 14.4 Å². The van der Waals surface area contributed by atoms with Crippen LogP contribution in [0.2, 0.25) is 5.02 Å². The van der Waals surface area contributed by atoms with Gasteiger partial charge in [0, 0.05) is 12.3 Å². The van der Waals surface area contributed by atoms with Gasteiger partial charge in [-0.25, -0.2) is 9.78 Å². The molecule has 7 nitrogen and oxygen atoms in total. The fourth-order valence-corrected chi connectivity index (χ4v) is 3.63. The molecule has 150 valence electrons. The van der Waals surface area contributed by atoms with E-state index in [-0.39, 0.29) is 12.5 Å². The number of benzene rings is 1. The van der Waals surface area contributed by atoms with E-state index in [1.165, 1.54) is 18.3 Å². The molecule has 0 saturated heterocycles. The average molecular weight is 442 g/mol. The van der Waals surface area contributed by atoms with Crippen LogP contribution in [-0.4, -0.2) is 40.8 Å². The molecule has 0 aliphatic rings. The van der Waals surface area contributed by atoms with E-state index < -0.39 is 17.9 Å². The molecule has 0 fully saturated rings. The van der Waals surface area contributed by atoms with Gasteiger partial charge in [-0.3, -0.25) is 9.59 Å². The number of carbonyl (C=O) groups is 3. The lowest BCUT2D eigenvalue weighted by molar-refractivity contribution is -0.147. The Morgan fingerprint density at radius 3 is 2.75 bits per heavy atom. The van der Waals surface area contributed by atoms with Gasteiger partial charge in [0.05, 0.1) is 16.3 Å². The van der Waals surface area contributed by atoms with Crippen molar-refractivity contribution >= 4 is 57.6 Å². The van der Waals surface area contributed by atoms with Crippen LogP contribution in [0.5, 0.6) is 0 Å². The summed E-state index contributed by atoms with van der Waals surface area (Å²) in [6.45, 7) is 1.34. The van der Waals surface area contributed by atoms with E-state index in [0.29, 0.717) is 33.6 Å². The van der Waals surface area contributed by atoms with Crippen LogP contribution < -0.4 is 10.6 Å². The molecule has 28 heavy (non-hydrogen) atoms. The predicted molar refractivity (Wildman–Crippen MR) is 112 cm³/mol. The predicted octanol–water partition coefficient (Wildman–Crippen LogP) is 3.35. The molecule has 1 aromatic heterocycles. The zero-order valence-corrected chi connectivity index (χ0v) is 17.7. The Labute approximate surface area is 176 Å². The molecule has 1 atom stereocenters. The summed E-state index contributed by atoms with van der Waals surface area (Å²) < 4.78 is 5.31. The number of hydrogen-bond donors (Lipinski definition) is 2. The van der Waals surface area contributed by atoms with Crippen molar-refractivity contribution in [2.75, 3.05) is 17.3 Å². The SMILES string of the molecule is CSCCC(NC(=O)c1ccccc1Cl)C(=O)OCc1csc(NC(C)=O)n1. The molecule has 1 aromatic carbocycles. The smallest absolute Gasteiger partial charge is 0.329 e. The van der Waals surface area contributed by atoms with Crippen LogP contribution in [0.15, 0.2) is 29.6 Å². The monoisotopic (exact) mass is 441 g/mol. The molecule has 10 heteroatoms. The third-order valence-electron chi connectivity index (χ3n) is 3.52. The summed E-state index contributed by atoms with van der Waals surface area (Å²) in [5.41, 5.74) is 0.814. The van der Waals surface area contributed by atoms with Crippen LogP contribution in [0.1, 0.15) is 29.4 Å². The molecule has 1 heterocycles. The highest BCUT2D eigenvalue weighted by Crippen LogP contribution is 2.17. The summed E-state index contributed by atoms with van der Waals surface area (Å²) in [4.78, 5) is 40.2. The average Bonchev–Trinajstić information content (AvgIpc) is 3.09. The van der Waals surface area contributed by atoms with Crippen molar-refractivity contribution in [2.24, 2.45) is 0 Å². The molecule has 0 bridgehead atoms. The Morgan fingerprint density at radius 1 is 1.32 bits per heavy atom. The standard InChI is InChI=1S/C18H20ClN3O4S2/c1-11(23)20-18-21-12(10-28-18)9-26-17(25)15(7-8-27-2)22-16(24)13-5-3-4-6-14(13)19/h3-6,10,15H,7-9H2,1-2H3,(H,22,24)(H,20,21,23). The lowest BCUT2D eigenvalue weighted by Crippen LogP contribution is -2.42. The molecule has 0 saturated carbocycles. The van der Waals surface area contributed by atoms with Gasteiger partial charge in [-0.05, 0) is 30.6 Å². The Balaban J connectivity index is 1.98. The van der Waals surface area contributed by atoms with Gasteiger partial charge in [0.15, 0.2) is 5.13 Å². The molecule has 0 aliphatic carbocycles. The number of hydrogen-bond acceptors (Lipinski definition) is 7. The maximum absolute atomic E-state index is 12.5. The van der Waals surface area contributed by atoms with E-state index in [0.717, 1.165) is 0 Å². The largest absolute Gasteiger partial charge is 0.458 e. The second-order valence-corrected chi connectivity index (χ2v) is 7.97. The number of aromatic nitrogens is 1. The third-order valence-corrected chi connectivity index (χ3v) is 5.30. The van der Waals surface area contributed by atoms with Crippen molar-refractivity contribution in [2.45, 2.75) is 26.0 Å². The topological polar surface area (TPSA) is 97.4 Å². The van der Waals surface area contributed by atoms with Gasteiger partial charge in [-0.2, -0.15) is 11.8 Å². The van der Waals surface area contributed by atoms with Gasteiger partial charge in [0.1, 0.15) is 12.6 Å². The van der Waals surface area contributed by atoms with Crippen molar-refractivity contribution < 1.29 is 19.1 Å². The van der Waals surface area contributed by atoms with E-state index in [1.807, 2.05) is 6.26 Å². The number of carbonyl (C=O) groups excluding carboxylic acids is 3. The summed E-state index contributed by atoms with van der Waals surface area (Å²) in [5.74, 6) is -0.539. The Bertz CT molecular complexity index is 844. The van der Waals surface area contributed by atoms with E-state index in [4.69, 9.17) is 16.3 Å². The summed E-state index contributed by atoms with van der Waals surface area (Å²) in [6.07, 6.45) is 2.33. The number of esters is 1. The first kappa shape index (κ1) is 22.2. The van der Waals surface area contributed by atoms with E-state index >= 15 is 0 Å². The van der Waals surface area contributed by atoms with E-state index in [1.54, 1.807) is 41.4 Å². The van der Waals surface area contributed by atoms with Crippen LogP contribution in [0.25, 0.3) is 0 Å². The number of nitrogens with zero attached hydrogens (tertiary/aromatic N) is 1. The number of thiazole rings is 1. The Kier molecular flexibility index (Phi) is 8.75. The van der Waals surface area contributed by atoms with Gasteiger partial charge >= 0.3 is 5.97 Å². The fourth-order valence-electron chi connectivity index (χ4n) is 2.19. The van der Waals surface area contributed by atoms with Gasteiger partial charge in [-0.1, -0.05) is 23.7 Å². The number of halogens is 1. The highest BCUT2D eigenvalue weighted by atomic mass is 35.5. The quantitative estimate of drug-likeness (QED) is 0.579. The molecule has 2 amide bonds. The molecular weight excluding hydrogens is 422 g/mol. The van der Waals surface area contributed by atoms with Crippen molar-refractivity contribution in [1.29, 1.82) is 0 Å². The highest BCUT2D eigenvalue weighted by Gasteiger charge is 2.24. The number of ether oxygens (including phenoxy) is 1. The first-order valence-electron chi connectivity index (χ1n) is 8.33. The lowest BCUT2D eigenvalue weighted by atomic mass is 10.1. The van der Waals surface area contributed by atoms with Crippen molar-refractivity contribution in [1.82, 2.24) is 10.3 Å². The minimum absolute atomic E-state index is 0.0490. The van der Waals surface area contributed by atoms with Gasteiger partial charge in [0.2, 0.25) is 5.91 Å². The molecular formula is C18H20ClN3O4S2. The van der Waals surface area contributed by atoms with Crippen LogP contribution in [0.4, 0.5) is 5.13 Å². The van der Waals surface area contributed by atoms with Crippen LogP contribution in [0, 0.1) is 0 Å². The Hall–Kier alpha value is -2.10. The molecule has 2 N–H and O–H groups in total. The Morgan fingerprint density at radius 2 is 2.07 bits per heavy atom. The first-order chi connectivity index (χ1) is 13.4. The van der Waals surface area contributed by atoms with Crippen molar-refractivity contribution in [3.05, 3.63) is 45.9 Å². The number of amides is 2. The molecule has 0 radical (unpaired) electrons. The van der Waals surface area contributed by atoms with Gasteiger partial charge < -0.3 is 15.4 Å². The molecule has 0 spiro atoms. The second kappa shape index (κ2) is 11.0. The van der Waals surface area contributed by atoms with Gasteiger partial charge in [-0.15, -0.1) is 11.3 Å². The summed E-state index contributed by atoms with van der Waals surface area (Å²) in [7, 11) is 0.